The maximum Gasteiger partial charge on any atom is 0.387 e. The van der Waals surface area contributed by atoms with Gasteiger partial charge in [0.15, 0.2) is 5.96 Å². The van der Waals surface area contributed by atoms with E-state index in [2.05, 4.69) is 20.4 Å². The zero-order valence-corrected chi connectivity index (χ0v) is 16.6. The van der Waals surface area contributed by atoms with Gasteiger partial charge in [0.1, 0.15) is 11.6 Å². The Bertz CT molecular complexity index is 669. The fourth-order valence-corrected chi connectivity index (χ4v) is 2.64. The molecule has 0 aliphatic rings. The van der Waals surface area contributed by atoms with Crippen LogP contribution in [0.2, 0.25) is 0 Å². The number of hydrogen-bond donors (Lipinski definition) is 2. The van der Waals surface area contributed by atoms with Crippen LogP contribution in [0.15, 0.2) is 40.0 Å². The Kier molecular flexibility index (Phi) is 9.65. The molecule has 9 heteroatoms. The molecule has 0 radical (unpaired) electrons. The second kappa shape index (κ2) is 11.2. The average Bonchev–Trinajstić information content (AvgIpc) is 3.04. The number of benzene rings is 1. The van der Waals surface area contributed by atoms with Crippen LogP contribution < -0.4 is 15.4 Å². The van der Waals surface area contributed by atoms with Gasteiger partial charge in [-0.3, -0.25) is 0 Å². The van der Waals surface area contributed by atoms with Crippen LogP contribution in [0, 0.1) is 5.82 Å². The standard InChI is InChI=1S/C16H18F3N3OS.HI/c1-2-20-16(21-8-11-6-7-24-10-11)22-9-12-13(17)4-3-5-14(12)23-15(18)19;/h3-7,10,15H,2,8-9H2,1H3,(H2,20,21,22);1H. The van der Waals surface area contributed by atoms with E-state index in [0.717, 1.165) is 5.56 Å². The van der Waals surface area contributed by atoms with Gasteiger partial charge in [0, 0.05) is 18.7 Å². The van der Waals surface area contributed by atoms with Gasteiger partial charge in [0.2, 0.25) is 0 Å². The number of guanidine groups is 1. The summed E-state index contributed by atoms with van der Waals surface area (Å²) < 4.78 is 43.1. The fourth-order valence-electron chi connectivity index (χ4n) is 1.98. The van der Waals surface area contributed by atoms with E-state index < -0.39 is 12.4 Å². The van der Waals surface area contributed by atoms with E-state index in [-0.39, 0.29) is 41.8 Å². The van der Waals surface area contributed by atoms with Crippen molar-refractivity contribution in [1.29, 1.82) is 0 Å². The van der Waals surface area contributed by atoms with E-state index in [4.69, 9.17) is 0 Å². The first-order chi connectivity index (χ1) is 11.6. The lowest BCUT2D eigenvalue weighted by Gasteiger charge is -2.15. The van der Waals surface area contributed by atoms with Crippen molar-refractivity contribution in [3.63, 3.8) is 0 Å². The highest BCUT2D eigenvalue weighted by molar-refractivity contribution is 14.0. The Hall–Kier alpha value is -1.49. The fraction of sp³-hybridized carbons (Fsp3) is 0.312. The molecule has 0 fully saturated rings. The summed E-state index contributed by atoms with van der Waals surface area (Å²) in [5, 5.41) is 9.90. The second-order valence-corrected chi connectivity index (χ2v) is 5.56. The number of ether oxygens (including phenoxy) is 1. The third kappa shape index (κ3) is 7.10. The van der Waals surface area contributed by atoms with Crippen molar-refractivity contribution in [2.75, 3.05) is 6.54 Å². The van der Waals surface area contributed by atoms with Gasteiger partial charge in [0.05, 0.1) is 6.54 Å². The molecule has 0 amide bonds. The SMILES string of the molecule is CCNC(=NCc1ccsc1)NCc1c(F)cccc1OC(F)F.I. The molecule has 0 atom stereocenters. The molecule has 138 valence electrons. The van der Waals surface area contributed by atoms with Gasteiger partial charge in [0.25, 0.3) is 0 Å². The predicted molar refractivity (Wildman–Crippen MR) is 104 cm³/mol. The number of nitrogens with zero attached hydrogens (tertiary/aromatic N) is 1. The van der Waals surface area contributed by atoms with E-state index in [1.54, 1.807) is 11.3 Å². The minimum Gasteiger partial charge on any atom is -0.434 e. The summed E-state index contributed by atoms with van der Waals surface area (Å²) in [4.78, 5) is 4.38. The van der Waals surface area contributed by atoms with Crippen molar-refractivity contribution in [3.8, 4) is 5.75 Å². The molecule has 1 heterocycles. The molecule has 1 aromatic carbocycles. The molecule has 2 N–H and O–H groups in total. The summed E-state index contributed by atoms with van der Waals surface area (Å²) in [5.41, 5.74) is 1.09. The molecular weight excluding hydrogens is 466 g/mol. The Morgan fingerprint density at radius 2 is 2.08 bits per heavy atom. The van der Waals surface area contributed by atoms with Crippen LogP contribution in [0.5, 0.6) is 5.75 Å². The van der Waals surface area contributed by atoms with Crippen LogP contribution in [0.3, 0.4) is 0 Å². The van der Waals surface area contributed by atoms with Crippen LogP contribution >= 0.6 is 35.3 Å². The number of halogens is 4. The van der Waals surface area contributed by atoms with Crippen molar-refractivity contribution in [2.24, 2.45) is 4.99 Å². The Balaban J connectivity index is 0.00000312. The van der Waals surface area contributed by atoms with Gasteiger partial charge in [-0.2, -0.15) is 20.1 Å². The zero-order valence-electron chi connectivity index (χ0n) is 13.5. The number of thiophene rings is 1. The van der Waals surface area contributed by atoms with Crippen molar-refractivity contribution in [3.05, 3.63) is 52.0 Å². The van der Waals surface area contributed by atoms with E-state index in [9.17, 15) is 13.2 Å². The molecule has 0 saturated carbocycles. The zero-order chi connectivity index (χ0) is 17.4. The van der Waals surface area contributed by atoms with Crippen molar-refractivity contribution >= 4 is 41.3 Å². The van der Waals surface area contributed by atoms with Gasteiger partial charge in [-0.1, -0.05) is 6.07 Å². The summed E-state index contributed by atoms with van der Waals surface area (Å²) in [6.45, 7) is -0.0459. The normalized spacial score (nSPS) is 11.2. The third-order valence-corrected chi connectivity index (χ3v) is 3.80. The summed E-state index contributed by atoms with van der Waals surface area (Å²) in [5.74, 6) is -0.338. The van der Waals surface area contributed by atoms with E-state index in [1.165, 1.54) is 18.2 Å². The van der Waals surface area contributed by atoms with Crippen LogP contribution in [0.4, 0.5) is 13.2 Å². The quantitative estimate of drug-likeness (QED) is 0.348. The van der Waals surface area contributed by atoms with Crippen LogP contribution in [0.25, 0.3) is 0 Å². The molecule has 2 aromatic rings. The highest BCUT2D eigenvalue weighted by atomic mass is 127. The Morgan fingerprint density at radius 1 is 1.28 bits per heavy atom. The smallest absolute Gasteiger partial charge is 0.387 e. The lowest BCUT2D eigenvalue weighted by molar-refractivity contribution is -0.0506. The van der Waals surface area contributed by atoms with Gasteiger partial charge in [-0.15, -0.1) is 24.0 Å². The summed E-state index contributed by atoms with van der Waals surface area (Å²) in [6.07, 6.45) is 0. The van der Waals surface area contributed by atoms with Crippen molar-refractivity contribution in [1.82, 2.24) is 10.6 Å². The van der Waals surface area contributed by atoms with Gasteiger partial charge in [-0.25, -0.2) is 9.38 Å². The summed E-state index contributed by atoms with van der Waals surface area (Å²) in [7, 11) is 0. The maximum absolute atomic E-state index is 13.9. The molecule has 0 unspecified atom stereocenters. The van der Waals surface area contributed by atoms with E-state index in [1.807, 2.05) is 23.8 Å². The third-order valence-electron chi connectivity index (χ3n) is 3.07. The highest BCUT2D eigenvalue weighted by Crippen LogP contribution is 2.23. The minimum atomic E-state index is -3.01. The van der Waals surface area contributed by atoms with Gasteiger partial charge < -0.3 is 15.4 Å². The molecule has 1 aromatic heterocycles. The lowest BCUT2D eigenvalue weighted by atomic mass is 10.2. The number of hydrogen-bond acceptors (Lipinski definition) is 3. The van der Waals surface area contributed by atoms with Crippen LogP contribution in [0.1, 0.15) is 18.1 Å². The molecule has 2 rings (SSSR count). The molecule has 4 nitrogen and oxygen atoms in total. The maximum atomic E-state index is 13.9. The first-order valence-corrected chi connectivity index (χ1v) is 8.30. The number of alkyl halides is 2. The molecule has 25 heavy (non-hydrogen) atoms. The highest BCUT2D eigenvalue weighted by Gasteiger charge is 2.14. The largest absolute Gasteiger partial charge is 0.434 e. The predicted octanol–water partition coefficient (Wildman–Crippen LogP) is 4.36. The first kappa shape index (κ1) is 21.6. The second-order valence-electron chi connectivity index (χ2n) is 4.78. The lowest BCUT2D eigenvalue weighted by Crippen LogP contribution is -2.37. The van der Waals surface area contributed by atoms with Crippen molar-refractivity contribution < 1.29 is 17.9 Å². The number of rotatable bonds is 7. The molecule has 0 bridgehead atoms. The molecule has 0 spiro atoms. The minimum absolute atomic E-state index is 0. The van der Waals surface area contributed by atoms with Crippen LogP contribution in [-0.2, 0) is 13.1 Å². The molecule has 0 aliphatic heterocycles. The summed E-state index contributed by atoms with van der Waals surface area (Å²) >= 11 is 1.58. The monoisotopic (exact) mass is 485 g/mol. The van der Waals surface area contributed by atoms with E-state index >= 15 is 0 Å². The van der Waals surface area contributed by atoms with Crippen LogP contribution in [-0.4, -0.2) is 19.1 Å². The summed E-state index contributed by atoms with van der Waals surface area (Å²) in [6, 6.07) is 5.79. The first-order valence-electron chi connectivity index (χ1n) is 7.35. The molecule has 0 aliphatic carbocycles. The molecular formula is C16H19F3IN3OS. The van der Waals surface area contributed by atoms with Gasteiger partial charge >= 0.3 is 6.61 Å². The van der Waals surface area contributed by atoms with Crippen molar-refractivity contribution in [2.45, 2.75) is 26.6 Å². The number of nitrogens with one attached hydrogen (secondary N) is 2. The molecule has 0 saturated heterocycles. The Labute approximate surface area is 165 Å². The van der Waals surface area contributed by atoms with E-state index in [0.29, 0.717) is 19.0 Å². The number of aliphatic imine (C=N–C) groups is 1. The van der Waals surface area contributed by atoms with Gasteiger partial charge in [-0.05, 0) is 41.4 Å². The Morgan fingerprint density at radius 3 is 2.72 bits per heavy atom. The average molecular weight is 485 g/mol. The topological polar surface area (TPSA) is 45.7 Å².